The highest BCUT2D eigenvalue weighted by atomic mass is 32.3. The molecule has 4 aromatic carbocycles. The van der Waals surface area contributed by atoms with Crippen LogP contribution in [0.3, 0.4) is 0 Å². The number of quaternary nitrogens is 2. The van der Waals surface area contributed by atoms with Gasteiger partial charge < -0.3 is 18.1 Å². The number of nitrogens with zero attached hydrogens (tertiary/aromatic N) is 2. The first-order valence-electron chi connectivity index (χ1n) is 28.8. The Labute approximate surface area is 438 Å². The lowest BCUT2D eigenvalue weighted by molar-refractivity contribution is -0.934. The van der Waals surface area contributed by atoms with Crippen LogP contribution in [0.25, 0.3) is 0 Å². The van der Waals surface area contributed by atoms with Crippen LogP contribution in [0.15, 0.2) is 121 Å². The summed E-state index contributed by atoms with van der Waals surface area (Å²) < 4.78 is 36.1. The zero-order valence-corrected chi connectivity index (χ0v) is 47.1. The molecule has 0 spiro atoms. The summed E-state index contributed by atoms with van der Waals surface area (Å²) in [6, 6.07) is 45.5. The first-order valence-corrected chi connectivity index (χ1v) is 30.1. The molecule has 4 rings (SSSR count). The maximum absolute atomic E-state index is 8.52. The fourth-order valence-electron chi connectivity index (χ4n) is 10.6. The zero-order chi connectivity index (χ0) is 51.7. The molecule has 71 heavy (non-hydrogen) atoms. The predicted octanol–water partition coefficient (Wildman–Crippen LogP) is 18.4. The van der Waals surface area contributed by atoms with Gasteiger partial charge in [-0.1, -0.05) is 302 Å². The fraction of sp³-hybridized carbons (Fsp3) is 0.625. The van der Waals surface area contributed by atoms with Crippen LogP contribution in [-0.2, 0) is 23.5 Å². The summed E-state index contributed by atoms with van der Waals surface area (Å²) in [5, 5.41) is 0. The lowest BCUT2D eigenvalue weighted by Gasteiger charge is -2.39. The van der Waals surface area contributed by atoms with Crippen molar-refractivity contribution in [3.63, 3.8) is 0 Å². The molecule has 7 heteroatoms. The standard InChI is InChI=1S/2C32H52N.H2O4S/c2*1-4-5-6-7-8-9-10-11-12-13-14-15-16-23-28-32(31-26-21-18-22-27-31)33(2,3)29-30-24-19-17-20-25-30;1-5(2,3)4/h2*17-22,24-27,32H,4-16,23,28-29H2,1-3H3;(H2,1,2,3,4)/q2*+1;/p-2. The average Bonchev–Trinajstić information content (AvgIpc) is 3.34. The Morgan fingerprint density at radius 1 is 0.338 bits per heavy atom. The Balaban J connectivity index is 0.000000444. The van der Waals surface area contributed by atoms with Gasteiger partial charge in [-0.3, -0.25) is 8.42 Å². The molecule has 0 bridgehead atoms. The van der Waals surface area contributed by atoms with E-state index in [4.69, 9.17) is 17.5 Å². The summed E-state index contributed by atoms with van der Waals surface area (Å²) in [5.41, 5.74) is 5.86. The average molecular weight is 998 g/mol. The maximum atomic E-state index is 8.52. The normalized spacial score (nSPS) is 12.6. The number of rotatable bonds is 38. The molecule has 6 nitrogen and oxygen atoms in total. The van der Waals surface area contributed by atoms with Crippen LogP contribution < -0.4 is 0 Å². The summed E-state index contributed by atoms with van der Waals surface area (Å²) in [6.45, 7) is 6.76. The van der Waals surface area contributed by atoms with Gasteiger partial charge in [0.1, 0.15) is 25.2 Å². The van der Waals surface area contributed by atoms with Gasteiger partial charge >= 0.3 is 0 Å². The van der Waals surface area contributed by atoms with Crippen LogP contribution in [0.4, 0.5) is 0 Å². The topological polar surface area (TPSA) is 80.3 Å². The minimum Gasteiger partial charge on any atom is -0.759 e. The second-order valence-electron chi connectivity index (χ2n) is 21.9. The number of hydrogen-bond donors (Lipinski definition) is 0. The van der Waals surface area contributed by atoms with Gasteiger partial charge in [-0.15, -0.1) is 0 Å². The molecule has 0 aromatic heterocycles. The van der Waals surface area contributed by atoms with Gasteiger partial charge in [-0.05, 0) is 12.8 Å². The first kappa shape index (κ1) is 63.8. The van der Waals surface area contributed by atoms with E-state index < -0.39 is 10.4 Å². The SMILES string of the molecule is CCCCCCCCCCCCCCCCC(c1ccccc1)[N+](C)(C)Cc1ccccc1.CCCCCCCCCCCCCCCCC(c1ccccc1)[N+](C)(C)Cc1ccccc1.O=S(=O)([O-])[O-]. The molecule has 0 heterocycles. The largest absolute Gasteiger partial charge is 0.759 e. The summed E-state index contributed by atoms with van der Waals surface area (Å²) in [4.78, 5) is 0. The maximum Gasteiger partial charge on any atom is 0.114 e. The van der Waals surface area contributed by atoms with E-state index in [1.54, 1.807) is 0 Å². The van der Waals surface area contributed by atoms with Crippen LogP contribution in [0.5, 0.6) is 0 Å². The quantitative estimate of drug-likeness (QED) is 0.0194. The van der Waals surface area contributed by atoms with Crippen molar-refractivity contribution in [3.05, 3.63) is 144 Å². The van der Waals surface area contributed by atoms with E-state index in [2.05, 4.69) is 163 Å². The number of benzene rings is 4. The number of unbranched alkanes of at least 4 members (excludes halogenated alkanes) is 26. The molecular formula is C64H104N2O4S. The molecule has 4 aromatic rings. The minimum atomic E-state index is -5.17. The van der Waals surface area contributed by atoms with Crippen molar-refractivity contribution in [2.45, 2.75) is 232 Å². The summed E-state index contributed by atoms with van der Waals surface area (Å²) in [7, 11) is 4.48. The molecule has 0 aliphatic carbocycles. The minimum absolute atomic E-state index is 0.559. The Hall–Kier alpha value is -3.33. The van der Waals surface area contributed by atoms with E-state index in [0.717, 1.165) is 22.1 Å². The summed E-state index contributed by atoms with van der Waals surface area (Å²) in [6.07, 6.45) is 42.5. The molecular weight excluding hydrogens is 893 g/mol. The van der Waals surface area contributed by atoms with Gasteiger partial charge in [0.2, 0.25) is 0 Å². The zero-order valence-electron chi connectivity index (χ0n) is 46.3. The second-order valence-corrected chi connectivity index (χ2v) is 22.7. The van der Waals surface area contributed by atoms with Gasteiger partial charge in [0.05, 0.1) is 28.2 Å². The molecule has 0 fully saturated rings. The van der Waals surface area contributed by atoms with E-state index in [1.807, 2.05) is 0 Å². The van der Waals surface area contributed by atoms with Crippen molar-refractivity contribution in [3.8, 4) is 0 Å². The van der Waals surface area contributed by atoms with Crippen LogP contribution in [0.1, 0.15) is 241 Å². The molecule has 0 radical (unpaired) electrons. The third kappa shape index (κ3) is 33.9. The highest BCUT2D eigenvalue weighted by Gasteiger charge is 2.31. The van der Waals surface area contributed by atoms with Gasteiger partial charge in [0.15, 0.2) is 0 Å². The van der Waals surface area contributed by atoms with E-state index in [9.17, 15) is 0 Å². The Morgan fingerprint density at radius 3 is 0.761 bits per heavy atom. The van der Waals surface area contributed by atoms with E-state index in [1.165, 1.54) is 215 Å². The Kier molecular flexibility index (Phi) is 36.0. The fourth-order valence-corrected chi connectivity index (χ4v) is 10.6. The third-order valence-corrected chi connectivity index (χ3v) is 14.6. The van der Waals surface area contributed by atoms with Crippen molar-refractivity contribution in [2.75, 3.05) is 28.2 Å². The molecule has 0 N–H and O–H groups in total. The highest BCUT2D eigenvalue weighted by Crippen LogP contribution is 2.34. The van der Waals surface area contributed by atoms with Crippen molar-refractivity contribution in [2.24, 2.45) is 0 Å². The Morgan fingerprint density at radius 2 is 0.535 bits per heavy atom. The Bertz CT molecular complexity index is 1760. The van der Waals surface area contributed by atoms with Crippen molar-refractivity contribution in [1.29, 1.82) is 0 Å². The summed E-state index contributed by atoms with van der Waals surface area (Å²) in [5.74, 6) is 0. The van der Waals surface area contributed by atoms with Gasteiger partial charge in [0.25, 0.3) is 0 Å². The molecule has 2 unspecified atom stereocenters. The van der Waals surface area contributed by atoms with Gasteiger partial charge in [-0.25, -0.2) is 0 Å². The van der Waals surface area contributed by atoms with Crippen LogP contribution in [-0.4, -0.2) is 54.7 Å². The molecule has 400 valence electrons. The van der Waals surface area contributed by atoms with E-state index >= 15 is 0 Å². The molecule has 0 saturated carbocycles. The highest BCUT2D eigenvalue weighted by molar-refractivity contribution is 7.79. The smallest absolute Gasteiger partial charge is 0.114 e. The molecule has 0 aliphatic rings. The van der Waals surface area contributed by atoms with Crippen molar-refractivity contribution < 1.29 is 26.5 Å². The lowest BCUT2D eigenvalue weighted by atomic mass is 9.96. The summed E-state index contributed by atoms with van der Waals surface area (Å²) >= 11 is 0. The molecule has 0 aliphatic heterocycles. The van der Waals surface area contributed by atoms with E-state index in [0.29, 0.717) is 12.1 Å². The molecule has 0 amide bonds. The van der Waals surface area contributed by atoms with Gasteiger partial charge in [0, 0.05) is 45.5 Å². The number of hydrogen-bond acceptors (Lipinski definition) is 4. The van der Waals surface area contributed by atoms with Gasteiger partial charge in [-0.2, -0.15) is 0 Å². The van der Waals surface area contributed by atoms with Crippen LogP contribution in [0.2, 0.25) is 0 Å². The first-order chi connectivity index (χ1) is 34.3. The van der Waals surface area contributed by atoms with Crippen LogP contribution >= 0.6 is 0 Å². The van der Waals surface area contributed by atoms with E-state index in [-0.39, 0.29) is 0 Å². The van der Waals surface area contributed by atoms with Crippen LogP contribution in [0, 0.1) is 0 Å². The third-order valence-electron chi connectivity index (χ3n) is 14.6. The lowest BCUT2D eigenvalue weighted by Crippen LogP contribution is -2.42. The van der Waals surface area contributed by atoms with Crippen molar-refractivity contribution in [1.82, 2.24) is 0 Å². The van der Waals surface area contributed by atoms with Crippen molar-refractivity contribution >= 4 is 10.4 Å². The molecule has 2 atom stereocenters. The second kappa shape index (κ2) is 40.1. The predicted molar refractivity (Wildman–Crippen MR) is 303 cm³/mol. The monoisotopic (exact) mass is 997 g/mol. The molecule has 0 saturated heterocycles.